The van der Waals surface area contributed by atoms with E-state index in [0.717, 1.165) is 19.5 Å². The van der Waals surface area contributed by atoms with Gasteiger partial charge in [-0.05, 0) is 18.6 Å². The van der Waals surface area contributed by atoms with Gasteiger partial charge in [-0.2, -0.15) is 0 Å². The van der Waals surface area contributed by atoms with E-state index in [4.69, 9.17) is 5.11 Å². The highest BCUT2D eigenvalue weighted by atomic mass is 16.4. The number of nitrogens with zero attached hydrogens (tertiary/aromatic N) is 2. The summed E-state index contributed by atoms with van der Waals surface area (Å²) in [5.74, 6) is -1.31. The van der Waals surface area contributed by atoms with Crippen LogP contribution < -0.4 is 0 Å². The summed E-state index contributed by atoms with van der Waals surface area (Å²) in [6.45, 7) is 1.47. The van der Waals surface area contributed by atoms with Crippen molar-refractivity contribution in [3.8, 4) is 0 Å². The van der Waals surface area contributed by atoms with Crippen LogP contribution in [0, 0.1) is 0 Å². The number of amides is 1. The second-order valence-electron chi connectivity index (χ2n) is 3.36. The molecule has 0 saturated carbocycles. The van der Waals surface area contributed by atoms with E-state index >= 15 is 0 Å². The Bertz CT molecular complexity index is 413. The number of pyridine rings is 1. The molecule has 78 valence electrons. The largest absolute Gasteiger partial charge is 0.477 e. The van der Waals surface area contributed by atoms with Gasteiger partial charge in [0.2, 0.25) is 0 Å². The van der Waals surface area contributed by atoms with E-state index < -0.39 is 5.97 Å². The lowest BCUT2D eigenvalue weighted by atomic mass is 10.2. The van der Waals surface area contributed by atoms with Gasteiger partial charge in [0.1, 0.15) is 11.4 Å². The molecule has 5 heteroatoms. The van der Waals surface area contributed by atoms with Crippen molar-refractivity contribution in [1.29, 1.82) is 0 Å². The summed E-state index contributed by atoms with van der Waals surface area (Å²) in [4.78, 5) is 27.7. The van der Waals surface area contributed by atoms with Crippen LogP contribution in [0.25, 0.3) is 0 Å². The molecule has 1 amide bonds. The first-order valence-corrected chi connectivity index (χ1v) is 4.68. The number of hydrogen-bond donors (Lipinski definition) is 1. The zero-order valence-corrected chi connectivity index (χ0v) is 8.01. The van der Waals surface area contributed by atoms with E-state index in [2.05, 4.69) is 4.98 Å². The van der Waals surface area contributed by atoms with Gasteiger partial charge in [-0.1, -0.05) is 6.07 Å². The van der Waals surface area contributed by atoms with Crippen molar-refractivity contribution in [1.82, 2.24) is 9.88 Å². The Labute approximate surface area is 86.3 Å². The van der Waals surface area contributed by atoms with Gasteiger partial charge >= 0.3 is 5.97 Å². The van der Waals surface area contributed by atoms with Gasteiger partial charge in [0.25, 0.3) is 5.91 Å². The molecule has 5 nitrogen and oxygen atoms in total. The SMILES string of the molecule is O=C(O)c1cccc(C(=O)N2CCC2)n1. The highest BCUT2D eigenvalue weighted by Crippen LogP contribution is 2.11. The Morgan fingerprint density at radius 2 is 1.93 bits per heavy atom. The molecule has 1 aromatic heterocycles. The van der Waals surface area contributed by atoms with Gasteiger partial charge < -0.3 is 10.0 Å². The summed E-state index contributed by atoms with van der Waals surface area (Å²) in [7, 11) is 0. The lowest BCUT2D eigenvalue weighted by molar-refractivity contribution is 0.0644. The van der Waals surface area contributed by atoms with E-state index in [1.54, 1.807) is 4.90 Å². The molecular formula is C10H10N2O3. The van der Waals surface area contributed by atoms with Crippen molar-refractivity contribution in [3.05, 3.63) is 29.6 Å². The number of aromatic carboxylic acids is 1. The van der Waals surface area contributed by atoms with E-state index in [9.17, 15) is 9.59 Å². The molecule has 0 bridgehead atoms. The number of rotatable bonds is 2. The van der Waals surface area contributed by atoms with Crippen molar-refractivity contribution in [2.24, 2.45) is 0 Å². The molecule has 1 fully saturated rings. The minimum absolute atomic E-state index is 0.0960. The number of carbonyl (C=O) groups excluding carboxylic acids is 1. The van der Waals surface area contributed by atoms with Crippen LogP contribution in [0.3, 0.4) is 0 Å². The third-order valence-corrected chi connectivity index (χ3v) is 2.33. The molecule has 1 saturated heterocycles. The summed E-state index contributed by atoms with van der Waals surface area (Å²) in [5, 5.41) is 8.71. The molecule has 1 aromatic rings. The van der Waals surface area contributed by atoms with Crippen molar-refractivity contribution in [2.45, 2.75) is 6.42 Å². The van der Waals surface area contributed by atoms with Crippen LogP contribution in [-0.4, -0.2) is 40.0 Å². The summed E-state index contributed by atoms with van der Waals surface area (Å²) >= 11 is 0. The number of carboxylic acids is 1. The fraction of sp³-hybridized carbons (Fsp3) is 0.300. The van der Waals surface area contributed by atoms with Crippen LogP contribution in [0.4, 0.5) is 0 Å². The fourth-order valence-electron chi connectivity index (χ4n) is 1.35. The van der Waals surface area contributed by atoms with Gasteiger partial charge in [0.05, 0.1) is 0 Å². The molecular weight excluding hydrogens is 196 g/mol. The Balaban J connectivity index is 2.23. The standard InChI is InChI=1S/C10H10N2O3/c13-9(12-5-2-6-12)7-3-1-4-8(11-7)10(14)15/h1,3-4H,2,5-6H2,(H,14,15). The van der Waals surface area contributed by atoms with Crippen LogP contribution in [0.1, 0.15) is 27.4 Å². The number of carbonyl (C=O) groups is 2. The summed E-state index contributed by atoms with van der Waals surface area (Å²) in [6, 6.07) is 4.44. The normalized spacial score (nSPS) is 14.5. The van der Waals surface area contributed by atoms with Crippen molar-refractivity contribution in [2.75, 3.05) is 13.1 Å². The molecule has 2 heterocycles. The molecule has 1 aliphatic heterocycles. The smallest absolute Gasteiger partial charge is 0.354 e. The van der Waals surface area contributed by atoms with Gasteiger partial charge in [-0.3, -0.25) is 4.79 Å². The van der Waals surface area contributed by atoms with Crippen LogP contribution in [0.2, 0.25) is 0 Å². The molecule has 15 heavy (non-hydrogen) atoms. The summed E-state index contributed by atoms with van der Waals surface area (Å²) in [5.41, 5.74) is 0.107. The maximum Gasteiger partial charge on any atom is 0.354 e. The Morgan fingerprint density at radius 1 is 1.27 bits per heavy atom. The number of hydrogen-bond acceptors (Lipinski definition) is 3. The number of carboxylic acid groups (broad SMARTS) is 1. The van der Waals surface area contributed by atoms with Gasteiger partial charge in [0.15, 0.2) is 0 Å². The molecule has 0 unspecified atom stereocenters. The van der Waals surface area contributed by atoms with Crippen molar-refractivity contribution < 1.29 is 14.7 Å². The highest BCUT2D eigenvalue weighted by molar-refractivity contribution is 5.94. The lowest BCUT2D eigenvalue weighted by Gasteiger charge is -2.30. The first kappa shape index (κ1) is 9.64. The second-order valence-corrected chi connectivity index (χ2v) is 3.36. The molecule has 1 aliphatic rings. The monoisotopic (exact) mass is 206 g/mol. The molecule has 0 radical (unpaired) electrons. The average Bonchev–Trinajstić information content (AvgIpc) is 2.15. The summed E-state index contributed by atoms with van der Waals surface area (Å²) in [6.07, 6.45) is 1.00. The minimum Gasteiger partial charge on any atom is -0.477 e. The molecule has 2 rings (SSSR count). The highest BCUT2D eigenvalue weighted by Gasteiger charge is 2.23. The third-order valence-electron chi connectivity index (χ3n) is 2.33. The Hall–Kier alpha value is -1.91. The molecule has 0 spiro atoms. The van der Waals surface area contributed by atoms with Crippen LogP contribution >= 0.6 is 0 Å². The minimum atomic E-state index is -1.12. The Kier molecular flexibility index (Phi) is 2.37. The Morgan fingerprint density at radius 3 is 2.47 bits per heavy atom. The van der Waals surface area contributed by atoms with Crippen molar-refractivity contribution in [3.63, 3.8) is 0 Å². The number of aromatic nitrogens is 1. The average molecular weight is 206 g/mol. The maximum absolute atomic E-state index is 11.7. The second kappa shape index (κ2) is 3.68. The van der Waals surface area contributed by atoms with Crippen LogP contribution in [-0.2, 0) is 0 Å². The third kappa shape index (κ3) is 1.81. The molecule has 0 aliphatic carbocycles. The number of likely N-dealkylation sites (tertiary alicyclic amines) is 1. The van der Waals surface area contributed by atoms with Crippen LogP contribution in [0.15, 0.2) is 18.2 Å². The van der Waals surface area contributed by atoms with E-state index in [1.807, 2.05) is 0 Å². The zero-order valence-electron chi connectivity index (χ0n) is 8.01. The summed E-state index contributed by atoms with van der Waals surface area (Å²) < 4.78 is 0. The van der Waals surface area contributed by atoms with Gasteiger partial charge in [0, 0.05) is 13.1 Å². The predicted molar refractivity (Wildman–Crippen MR) is 51.7 cm³/mol. The first-order chi connectivity index (χ1) is 7.18. The van der Waals surface area contributed by atoms with Gasteiger partial charge in [-0.15, -0.1) is 0 Å². The van der Waals surface area contributed by atoms with Gasteiger partial charge in [-0.25, -0.2) is 9.78 Å². The van der Waals surface area contributed by atoms with Crippen LogP contribution in [0.5, 0.6) is 0 Å². The lowest BCUT2D eigenvalue weighted by Crippen LogP contribution is -2.42. The maximum atomic E-state index is 11.7. The fourth-order valence-corrected chi connectivity index (χ4v) is 1.35. The van der Waals surface area contributed by atoms with E-state index in [0.29, 0.717) is 0 Å². The van der Waals surface area contributed by atoms with E-state index in [-0.39, 0.29) is 17.3 Å². The zero-order chi connectivity index (χ0) is 10.8. The van der Waals surface area contributed by atoms with E-state index in [1.165, 1.54) is 18.2 Å². The predicted octanol–water partition coefficient (Wildman–Crippen LogP) is 0.626. The molecule has 0 atom stereocenters. The topological polar surface area (TPSA) is 70.5 Å². The first-order valence-electron chi connectivity index (χ1n) is 4.68. The van der Waals surface area contributed by atoms with Crippen molar-refractivity contribution >= 4 is 11.9 Å². The quantitative estimate of drug-likeness (QED) is 0.770. The molecule has 1 N–H and O–H groups in total. The molecule has 0 aromatic carbocycles.